The van der Waals surface area contributed by atoms with Crippen molar-refractivity contribution in [3.63, 3.8) is 0 Å². The minimum atomic E-state index is 0. The SMILES string of the molecule is OCCCC=S.[K+]. The van der Waals surface area contributed by atoms with E-state index in [1.165, 1.54) is 0 Å². The molecule has 0 spiro atoms. The van der Waals surface area contributed by atoms with E-state index in [-0.39, 0.29) is 58.0 Å². The van der Waals surface area contributed by atoms with Gasteiger partial charge in [-0.05, 0) is 18.2 Å². The predicted octanol–water partition coefficient (Wildman–Crippen LogP) is -2.24. The van der Waals surface area contributed by atoms with Crippen LogP contribution in [0, 0.1) is 0 Å². The smallest absolute Gasteiger partial charge is 0.396 e. The first-order valence-corrected chi connectivity index (χ1v) is 2.43. The predicted molar refractivity (Wildman–Crippen MR) is 30.0 cm³/mol. The van der Waals surface area contributed by atoms with Crippen molar-refractivity contribution in [3.05, 3.63) is 0 Å². The number of aliphatic hydroxyl groups is 1. The van der Waals surface area contributed by atoms with E-state index in [2.05, 4.69) is 12.2 Å². The van der Waals surface area contributed by atoms with Gasteiger partial charge in [0.15, 0.2) is 0 Å². The van der Waals surface area contributed by atoms with Gasteiger partial charge >= 0.3 is 51.4 Å². The van der Waals surface area contributed by atoms with E-state index in [1.54, 1.807) is 5.37 Å². The molecular weight excluding hydrogens is 135 g/mol. The van der Waals surface area contributed by atoms with Crippen molar-refractivity contribution in [3.8, 4) is 0 Å². The Labute approximate surface area is 91.9 Å². The van der Waals surface area contributed by atoms with E-state index in [1.807, 2.05) is 0 Å². The van der Waals surface area contributed by atoms with Crippen molar-refractivity contribution in [1.29, 1.82) is 0 Å². The first-order valence-electron chi connectivity index (χ1n) is 1.96. The third-order valence-corrected chi connectivity index (χ3v) is 0.716. The molecule has 0 aromatic carbocycles. The number of rotatable bonds is 3. The first-order chi connectivity index (χ1) is 2.91. The number of thiocarbonyl (C=S) groups is 1. The molecule has 0 aliphatic rings. The third-order valence-electron chi connectivity index (χ3n) is 0.480. The Kier molecular flexibility index (Phi) is 17.4. The van der Waals surface area contributed by atoms with Crippen LogP contribution in [0.4, 0.5) is 0 Å². The van der Waals surface area contributed by atoms with E-state index in [0.29, 0.717) is 0 Å². The second kappa shape index (κ2) is 10.6. The molecule has 1 nitrogen and oxygen atoms in total. The Morgan fingerprint density at radius 3 is 2.29 bits per heavy atom. The summed E-state index contributed by atoms with van der Waals surface area (Å²) >= 11 is 4.48. The van der Waals surface area contributed by atoms with E-state index >= 15 is 0 Å². The van der Waals surface area contributed by atoms with Gasteiger partial charge in [0.1, 0.15) is 0 Å². The number of unbranched alkanes of at least 4 members (excludes halogenated alkanes) is 1. The molecule has 0 saturated heterocycles. The number of hydrogen-bond donors (Lipinski definition) is 1. The molecule has 0 radical (unpaired) electrons. The average Bonchev–Trinajstić information content (AvgIpc) is 1.61. The van der Waals surface area contributed by atoms with E-state index < -0.39 is 0 Å². The van der Waals surface area contributed by atoms with Crippen LogP contribution in [-0.4, -0.2) is 17.1 Å². The normalized spacial score (nSPS) is 7.00. The Bertz CT molecular complexity index is 40.7. The van der Waals surface area contributed by atoms with Crippen LogP contribution >= 0.6 is 12.2 Å². The van der Waals surface area contributed by atoms with Crippen molar-refractivity contribution in [2.75, 3.05) is 6.61 Å². The molecule has 0 heterocycles. The molecule has 0 saturated carbocycles. The minimum Gasteiger partial charge on any atom is -0.396 e. The molecule has 0 fully saturated rings. The zero-order chi connectivity index (χ0) is 4.83. The maximum Gasteiger partial charge on any atom is 1.00 e. The van der Waals surface area contributed by atoms with Gasteiger partial charge in [0.25, 0.3) is 0 Å². The molecule has 0 bridgehead atoms. The maximum atomic E-state index is 8.13. The van der Waals surface area contributed by atoms with Crippen LogP contribution in [0.15, 0.2) is 0 Å². The van der Waals surface area contributed by atoms with Crippen molar-refractivity contribution >= 4 is 17.6 Å². The van der Waals surface area contributed by atoms with Gasteiger partial charge in [-0.15, -0.1) is 0 Å². The van der Waals surface area contributed by atoms with Crippen LogP contribution in [0.1, 0.15) is 12.8 Å². The Hall–Kier alpha value is 1.69. The molecule has 0 unspecified atom stereocenters. The molecule has 0 aliphatic carbocycles. The van der Waals surface area contributed by atoms with Gasteiger partial charge in [0.05, 0.1) is 0 Å². The van der Waals surface area contributed by atoms with Crippen molar-refractivity contribution in [1.82, 2.24) is 0 Å². The zero-order valence-electron chi connectivity index (χ0n) is 4.55. The molecule has 0 aromatic heterocycles. The summed E-state index contributed by atoms with van der Waals surface area (Å²) in [6.45, 7) is 0.257. The average molecular weight is 143 g/mol. The molecule has 36 valence electrons. The first kappa shape index (κ1) is 11.5. The molecule has 0 aliphatic heterocycles. The van der Waals surface area contributed by atoms with E-state index in [0.717, 1.165) is 12.8 Å². The van der Waals surface area contributed by atoms with Gasteiger partial charge in [-0.3, -0.25) is 0 Å². The fourth-order valence-corrected chi connectivity index (χ4v) is 0.341. The summed E-state index contributed by atoms with van der Waals surface area (Å²) in [5.74, 6) is 0. The summed E-state index contributed by atoms with van der Waals surface area (Å²) in [6, 6.07) is 0. The number of hydrogen-bond acceptors (Lipinski definition) is 2. The summed E-state index contributed by atoms with van der Waals surface area (Å²) in [4.78, 5) is 0. The van der Waals surface area contributed by atoms with Crippen LogP contribution in [0.5, 0.6) is 0 Å². The van der Waals surface area contributed by atoms with Crippen LogP contribution in [0.2, 0.25) is 0 Å². The molecule has 0 rings (SSSR count). The Balaban J connectivity index is 0. The van der Waals surface area contributed by atoms with Gasteiger partial charge in [0, 0.05) is 6.61 Å². The Morgan fingerprint density at radius 2 is 2.14 bits per heavy atom. The quantitative estimate of drug-likeness (QED) is 0.274. The summed E-state index contributed by atoms with van der Waals surface area (Å²) in [6.07, 6.45) is 1.66. The van der Waals surface area contributed by atoms with Gasteiger partial charge < -0.3 is 5.11 Å². The zero-order valence-corrected chi connectivity index (χ0v) is 8.49. The van der Waals surface area contributed by atoms with Crippen LogP contribution in [0.3, 0.4) is 0 Å². The van der Waals surface area contributed by atoms with Crippen LogP contribution < -0.4 is 51.4 Å². The minimum absolute atomic E-state index is 0. The summed E-state index contributed by atoms with van der Waals surface area (Å²) in [5, 5.41) is 9.77. The van der Waals surface area contributed by atoms with Crippen LogP contribution in [0.25, 0.3) is 0 Å². The van der Waals surface area contributed by atoms with Crippen molar-refractivity contribution in [2.24, 2.45) is 0 Å². The summed E-state index contributed by atoms with van der Waals surface area (Å²) < 4.78 is 0. The van der Waals surface area contributed by atoms with Gasteiger partial charge in [-0.25, -0.2) is 0 Å². The largest absolute Gasteiger partial charge is 1.00 e. The second-order valence-electron chi connectivity index (χ2n) is 1.03. The Morgan fingerprint density at radius 1 is 1.57 bits per heavy atom. The van der Waals surface area contributed by atoms with Crippen molar-refractivity contribution in [2.45, 2.75) is 12.8 Å². The molecule has 3 heteroatoms. The summed E-state index contributed by atoms with van der Waals surface area (Å²) in [5.41, 5.74) is 0. The standard InChI is InChI=1S/C4H8OS.K/c5-3-1-2-4-6;/h4-5H,1-3H2;/q;+1. The fraction of sp³-hybridized carbons (Fsp3) is 0.750. The summed E-state index contributed by atoms with van der Waals surface area (Å²) in [7, 11) is 0. The monoisotopic (exact) mass is 143 g/mol. The third kappa shape index (κ3) is 11.3. The molecule has 0 aromatic rings. The molecule has 0 atom stereocenters. The van der Waals surface area contributed by atoms with Gasteiger partial charge in [-0.1, -0.05) is 12.2 Å². The molecule has 7 heavy (non-hydrogen) atoms. The topological polar surface area (TPSA) is 20.2 Å². The van der Waals surface area contributed by atoms with E-state index in [9.17, 15) is 0 Å². The second-order valence-corrected chi connectivity index (χ2v) is 1.37. The molecule has 0 amide bonds. The number of aliphatic hydroxyl groups excluding tert-OH is 1. The molecular formula is C4H8KOS+. The van der Waals surface area contributed by atoms with E-state index in [4.69, 9.17) is 5.11 Å². The maximum absolute atomic E-state index is 8.13. The van der Waals surface area contributed by atoms with Gasteiger partial charge in [0.2, 0.25) is 0 Å². The fourth-order valence-electron chi connectivity index (χ4n) is 0.175. The molecule has 1 N–H and O–H groups in total. The van der Waals surface area contributed by atoms with Gasteiger partial charge in [-0.2, -0.15) is 0 Å². The van der Waals surface area contributed by atoms with Crippen molar-refractivity contribution < 1.29 is 56.5 Å². The van der Waals surface area contributed by atoms with Crippen LogP contribution in [-0.2, 0) is 0 Å².